The molecule has 1 aromatic carbocycles. The fraction of sp³-hybridized carbons (Fsp3) is 0.684. The average Bonchev–Trinajstić information content (AvgIpc) is 3.27. The second-order valence-electron chi connectivity index (χ2n) is 7.49. The minimum absolute atomic E-state index is 0.536. The highest BCUT2D eigenvalue weighted by Crippen LogP contribution is 2.58. The number of hydrogen-bond acceptors (Lipinski definition) is 2. The summed E-state index contributed by atoms with van der Waals surface area (Å²) in [5, 5.41) is 0. The number of nitrogens with two attached hydrogens (primary N) is 1. The maximum atomic E-state index is 5.96. The van der Waals surface area contributed by atoms with Crippen molar-refractivity contribution in [2.75, 3.05) is 0 Å². The summed E-state index contributed by atoms with van der Waals surface area (Å²) in [7, 11) is 0. The summed E-state index contributed by atoms with van der Waals surface area (Å²) < 4.78 is 0. The van der Waals surface area contributed by atoms with E-state index >= 15 is 0 Å². The van der Waals surface area contributed by atoms with Crippen LogP contribution in [0.2, 0.25) is 0 Å². The van der Waals surface area contributed by atoms with Crippen LogP contribution in [0, 0.1) is 17.8 Å². The van der Waals surface area contributed by atoms with Gasteiger partial charge in [-0.3, -0.25) is 11.3 Å². The summed E-state index contributed by atoms with van der Waals surface area (Å²) in [6.07, 6.45) is 11.0. The highest BCUT2D eigenvalue weighted by Gasteiger charge is 2.54. The zero-order chi connectivity index (χ0) is 14.2. The van der Waals surface area contributed by atoms with Crippen molar-refractivity contribution in [3.8, 4) is 0 Å². The SMILES string of the molecule is NNC(CC1CCCc2ccccc21)C1C2CCCCC21. The lowest BCUT2D eigenvalue weighted by molar-refractivity contribution is 0.365. The summed E-state index contributed by atoms with van der Waals surface area (Å²) in [6.45, 7) is 0. The highest BCUT2D eigenvalue weighted by molar-refractivity contribution is 5.32. The number of hydrogen-bond donors (Lipinski definition) is 2. The molecule has 0 radical (unpaired) electrons. The van der Waals surface area contributed by atoms with Crippen molar-refractivity contribution in [3.05, 3.63) is 35.4 Å². The monoisotopic (exact) mass is 284 g/mol. The Morgan fingerprint density at radius 3 is 2.57 bits per heavy atom. The lowest BCUT2D eigenvalue weighted by Gasteiger charge is -2.29. The lowest BCUT2D eigenvalue weighted by Crippen LogP contribution is -2.39. The van der Waals surface area contributed by atoms with Gasteiger partial charge < -0.3 is 0 Å². The van der Waals surface area contributed by atoms with E-state index in [1.54, 1.807) is 11.1 Å². The van der Waals surface area contributed by atoms with Gasteiger partial charge in [0, 0.05) is 6.04 Å². The first-order valence-electron chi connectivity index (χ1n) is 8.92. The zero-order valence-electron chi connectivity index (χ0n) is 12.9. The largest absolute Gasteiger partial charge is 0.271 e. The van der Waals surface area contributed by atoms with E-state index in [9.17, 15) is 0 Å². The fourth-order valence-corrected chi connectivity index (χ4v) is 5.39. The number of hydrazine groups is 1. The Morgan fingerprint density at radius 2 is 1.81 bits per heavy atom. The van der Waals surface area contributed by atoms with Crippen molar-refractivity contribution >= 4 is 0 Å². The molecule has 0 aliphatic heterocycles. The first-order chi connectivity index (χ1) is 10.4. The summed E-state index contributed by atoms with van der Waals surface area (Å²) in [6, 6.07) is 9.61. The lowest BCUT2D eigenvalue weighted by atomic mass is 9.79. The van der Waals surface area contributed by atoms with Crippen molar-refractivity contribution in [1.29, 1.82) is 0 Å². The summed E-state index contributed by atoms with van der Waals surface area (Å²) in [4.78, 5) is 0. The molecule has 21 heavy (non-hydrogen) atoms. The van der Waals surface area contributed by atoms with E-state index in [0.717, 1.165) is 23.7 Å². The summed E-state index contributed by atoms with van der Waals surface area (Å²) in [5.41, 5.74) is 6.38. The highest BCUT2D eigenvalue weighted by atomic mass is 15.2. The topological polar surface area (TPSA) is 38.0 Å². The van der Waals surface area contributed by atoms with E-state index in [4.69, 9.17) is 5.84 Å². The van der Waals surface area contributed by atoms with Gasteiger partial charge in [-0.1, -0.05) is 37.1 Å². The van der Waals surface area contributed by atoms with Crippen LogP contribution < -0.4 is 11.3 Å². The van der Waals surface area contributed by atoms with Crippen molar-refractivity contribution in [3.63, 3.8) is 0 Å². The minimum Gasteiger partial charge on any atom is -0.271 e. The molecule has 2 fully saturated rings. The number of rotatable bonds is 4. The third kappa shape index (κ3) is 2.53. The van der Waals surface area contributed by atoms with E-state index in [0.29, 0.717) is 6.04 Å². The fourth-order valence-electron chi connectivity index (χ4n) is 5.39. The minimum atomic E-state index is 0.536. The molecule has 0 saturated heterocycles. The van der Waals surface area contributed by atoms with Gasteiger partial charge in [0.25, 0.3) is 0 Å². The van der Waals surface area contributed by atoms with Gasteiger partial charge >= 0.3 is 0 Å². The van der Waals surface area contributed by atoms with Crippen LogP contribution in [0.5, 0.6) is 0 Å². The molecule has 0 bridgehead atoms. The third-order valence-corrected chi connectivity index (χ3v) is 6.43. The summed E-state index contributed by atoms with van der Waals surface area (Å²) >= 11 is 0. The molecule has 3 aliphatic carbocycles. The van der Waals surface area contributed by atoms with Gasteiger partial charge in [-0.25, -0.2) is 0 Å². The standard InChI is InChI=1S/C19H28N2/c20-21-18(19-16-10-3-4-11-17(16)19)12-14-8-5-7-13-6-1-2-9-15(13)14/h1-2,6,9,14,16-19,21H,3-5,7-8,10-12,20H2. The molecule has 2 saturated carbocycles. The number of nitrogens with one attached hydrogen (secondary N) is 1. The van der Waals surface area contributed by atoms with Crippen LogP contribution in [-0.2, 0) is 6.42 Å². The van der Waals surface area contributed by atoms with Crippen LogP contribution in [0.15, 0.2) is 24.3 Å². The van der Waals surface area contributed by atoms with Crippen LogP contribution in [0.1, 0.15) is 62.0 Å². The first-order valence-corrected chi connectivity index (χ1v) is 8.92. The van der Waals surface area contributed by atoms with Gasteiger partial charge in [0.05, 0.1) is 0 Å². The third-order valence-electron chi connectivity index (χ3n) is 6.43. The molecule has 1 aromatic rings. The molecule has 4 rings (SSSR count). The van der Waals surface area contributed by atoms with Crippen LogP contribution in [0.25, 0.3) is 0 Å². The van der Waals surface area contributed by atoms with Crippen molar-refractivity contribution in [2.45, 2.75) is 63.3 Å². The van der Waals surface area contributed by atoms with Gasteiger partial charge in [0.2, 0.25) is 0 Å². The van der Waals surface area contributed by atoms with Gasteiger partial charge in [-0.2, -0.15) is 0 Å². The van der Waals surface area contributed by atoms with Crippen LogP contribution in [0.4, 0.5) is 0 Å². The Labute approximate surface area is 128 Å². The van der Waals surface area contributed by atoms with Crippen LogP contribution in [0.3, 0.4) is 0 Å². The predicted octanol–water partition coefficient (Wildman–Crippen LogP) is 3.76. The average molecular weight is 284 g/mol. The van der Waals surface area contributed by atoms with Gasteiger partial charge in [-0.05, 0) is 73.3 Å². The summed E-state index contributed by atoms with van der Waals surface area (Å²) in [5.74, 6) is 9.51. The van der Waals surface area contributed by atoms with E-state index in [1.807, 2.05) is 0 Å². The molecule has 4 unspecified atom stereocenters. The Morgan fingerprint density at radius 1 is 1.05 bits per heavy atom. The molecule has 2 nitrogen and oxygen atoms in total. The van der Waals surface area contributed by atoms with E-state index in [2.05, 4.69) is 29.7 Å². The van der Waals surface area contributed by atoms with Crippen LogP contribution in [-0.4, -0.2) is 6.04 Å². The maximum Gasteiger partial charge on any atom is 0.0250 e. The van der Waals surface area contributed by atoms with Crippen molar-refractivity contribution in [2.24, 2.45) is 23.6 Å². The number of benzene rings is 1. The Hall–Kier alpha value is -0.860. The molecule has 4 atom stereocenters. The van der Waals surface area contributed by atoms with Crippen molar-refractivity contribution in [1.82, 2.24) is 5.43 Å². The van der Waals surface area contributed by atoms with Gasteiger partial charge in [0.1, 0.15) is 0 Å². The smallest absolute Gasteiger partial charge is 0.0250 e. The molecule has 3 N–H and O–H groups in total. The zero-order valence-corrected chi connectivity index (χ0v) is 12.9. The number of fused-ring (bicyclic) bond motifs is 2. The van der Waals surface area contributed by atoms with Gasteiger partial charge in [0.15, 0.2) is 0 Å². The first kappa shape index (κ1) is 13.8. The molecular weight excluding hydrogens is 256 g/mol. The Balaban J connectivity index is 1.48. The molecular formula is C19H28N2. The molecule has 0 amide bonds. The van der Waals surface area contributed by atoms with Gasteiger partial charge in [-0.15, -0.1) is 0 Å². The molecule has 0 spiro atoms. The number of aryl methyl sites for hydroxylation is 1. The molecule has 3 aliphatic rings. The van der Waals surface area contributed by atoms with E-state index in [1.165, 1.54) is 51.4 Å². The second kappa shape index (κ2) is 5.73. The normalized spacial score (nSPS) is 35.7. The van der Waals surface area contributed by atoms with Crippen LogP contribution >= 0.6 is 0 Å². The molecule has 114 valence electrons. The molecule has 0 aromatic heterocycles. The molecule has 0 heterocycles. The Bertz CT molecular complexity index is 486. The molecule has 2 heteroatoms. The predicted molar refractivity (Wildman–Crippen MR) is 86.8 cm³/mol. The maximum absolute atomic E-state index is 5.96. The van der Waals surface area contributed by atoms with E-state index < -0.39 is 0 Å². The quantitative estimate of drug-likeness (QED) is 0.652. The Kier molecular flexibility index (Phi) is 3.76. The van der Waals surface area contributed by atoms with E-state index in [-0.39, 0.29) is 0 Å². The van der Waals surface area contributed by atoms with Crippen molar-refractivity contribution < 1.29 is 0 Å². The second-order valence-corrected chi connectivity index (χ2v) is 7.49.